The van der Waals surface area contributed by atoms with Gasteiger partial charge in [-0.15, -0.1) is 0 Å². The highest BCUT2D eigenvalue weighted by Crippen LogP contribution is 2.42. The van der Waals surface area contributed by atoms with Gasteiger partial charge in [0.2, 0.25) is 0 Å². The maximum atomic E-state index is 10.3. The quantitative estimate of drug-likeness (QED) is 0.229. The average Bonchev–Trinajstić information content (AvgIpc) is 2.67. The number of rotatable bonds is 13. The fourth-order valence-electron chi connectivity index (χ4n) is 3.96. The van der Waals surface area contributed by atoms with Crippen LogP contribution in [0.3, 0.4) is 0 Å². The zero-order chi connectivity index (χ0) is 23.9. The fourth-order valence-corrected chi connectivity index (χ4v) is 3.96. The standard InChI is InChI=1S/C18H28O2.C11H24/c1-3-5-7-9-16(10-8-6-4-2)17-11-13-18(14-12-17)20-15-19;1-9(2)8-11(6,7)10(3,4)5/h11-16H,3-10H2,1-2H3;9H,8H2,1-7H3. The smallest absolute Gasteiger partial charge is 0.298 e. The summed E-state index contributed by atoms with van der Waals surface area (Å²) in [4.78, 5) is 10.3. The molecule has 0 aliphatic rings. The molecule has 0 unspecified atom stereocenters. The first kappa shape index (κ1) is 29.7. The molecule has 0 bridgehead atoms. The van der Waals surface area contributed by atoms with Crippen LogP contribution in [0.1, 0.15) is 132 Å². The summed E-state index contributed by atoms with van der Waals surface area (Å²) in [6, 6.07) is 8.02. The lowest BCUT2D eigenvalue weighted by molar-refractivity contribution is -0.120. The third kappa shape index (κ3) is 13.0. The lowest BCUT2D eigenvalue weighted by Crippen LogP contribution is -2.30. The van der Waals surface area contributed by atoms with Crippen molar-refractivity contribution in [3.63, 3.8) is 0 Å². The molecule has 0 radical (unpaired) electrons. The SMILES string of the molecule is CC(C)CC(C)(C)C(C)(C)C.CCCCCC(CCCCC)c1ccc(OC=O)cc1. The van der Waals surface area contributed by atoms with Crippen LogP contribution in [0.2, 0.25) is 0 Å². The second-order valence-corrected chi connectivity index (χ2v) is 11.2. The molecule has 0 aliphatic heterocycles. The number of benzene rings is 1. The molecule has 0 saturated carbocycles. The highest BCUT2D eigenvalue weighted by atomic mass is 16.5. The van der Waals surface area contributed by atoms with Gasteiger partial charge in [-0.05, 0) is 59.6 Å². The fraction of sp³-hybridized carbons (Fsp3) is 0.759. The third-order valence-electron chi connectivity index (χ3n) is 6.80. The van der Waals surface area contributed by atoms with Crippen LogP contribution in [0.25, 0.3) is 0 Å². The molecule has 2 nitrogen and oxygen atoms in total. The van der Waals surface area contributed by atoms with Crippen LogP contribution in [0.5, 0.6) is 5.75 Å². The van der Waals surface area contributed by atoms with Gasteiger partial charge in [-0.1, -0.05) is 113 Å². The number of carbonyl (C=O) groups is 1. The van der Waals surface area contributed by atoms with Gasteiger partial charge in [-0.3, -0.25) is 4.79 Å². The van der Waals surface area contributed by atoms with E-state index in [0.717, 1.165) is 5.92 Å². The molecule has 0 atom stereocenters. The van der Waals surface area contributed by atoms with E-state index in [1.165, 1.54) is 63.4 Å². The van der Waals surface area contributed by atoms with Gasteiger partial charge < -0.3 is 4.74 Å². The molecule has 1 aromatic carbocycles. The van der Waals surface area contributed by atoms with Gasteiger partial charge in [0.1, 0.15) is 5.75 Å². The van der Waals surface area contributed by atoms with Gasteiger partial charge in [-0.2, -0.15) is 0 Å². The lowest BCUT2D eigenvalue weighted by Gasteiger charge is -2.40. The Morgan fingerprint density at radius 3 is 1.65 bits per heavy atom. The number of carbonyl (C=O) groups excluding carboxylic acids is 1. The van der Waals surface area contributed by atoms with E-state index >= 15 is 0 Å². The second-order valence-electron chi connectivity index (χ2n) is 11.2. The van der Waals surface area contributed by atoms with E-state index in [2.05, 4.69) is 74.4 Å². The zero-order valence-corrected chi connectivity index (χ0v) is 22.2. The molecular formula is C29H52O2. The van der Waals surface area contributed by atoms with Gasteiger partial charge in [0.15, 0.2) is 0 Å². The molecule has 1 aromatic rings. The molecule has 0 spiro atoms. The Kier molecular flexibility index (Phi) is 14.8. The van der Waals surface area contributed by atoms with Crippen molar-refractivity contribution in [3.05, 3.63) is 29.8 Å². The number of hydrogen-bond acceptors (Lipinski definition) is 2. The van der Waals surface area contributed by atoms with Crippen molar-refractivity contribution >= 4 is 6.47 Å². The van der Waals surface area contributed by atoms with Crippen LogP contribution in [0.4, 0.5) is 0 Å². The first-order valence-electron chi connectivity index (χ1n) is 12.7. The van der Waals surface area contributed by atoms with Crippen molar-refractivity contribution in [2.45, 2.75) is 126 Å². The Bertz CT molecular complexity index is 553. The molecule has 0 heterocycles. The van der Waals surface area contributed by atoms with E-state index in [-0.39, 0.29) is 0 Å². The Morgan fingerprint density at radius 2 is 1.32 bits per heavy atom. The predicted octanol–water partition coefficient (Wildman–Crippen LogP) is 9.57. The first-order valence-corrected chi connectivity index (χ1v) is 12.7. The van der Waals surface area contributed by atoms with Crippen molar-refractivity contribution < 1.29 is 9.53 Å². The highest BCUT2D eigenvalue weighted by molar-refractivity contribution is 5.45. The average molecular weight is 433 g/mol. The van der Waals surface area contributed by atoms with E-state index < -0.39 is 0 Å². The zero-order valence-electron chi connectivity index (χ0n) is 22.2. The molecule has 0 N–H and O–H groups in total. The van der Waals surface area contributed by atoms with Crippen LogP contribution >= 0.6 is 0 Å². The molecule has 0 amide bonds. The Balaban J connectivity index is 0.000000695. The Labute approximate surface area is 194 Å². The minimum atomic E-state index is 0.428. The maximum absolute atomic E-state index is 10.3. The number of ether oxygens (including phenoxy) is 1. The summed E-state index contributed by atoms with van der Waals surface area (Å²) in [6.07, 6.45) is 11.6. The van der Waals surface area contributed by atoms with Crippen molar-refractivity contribution in [3.8, 4) is 5.75 Å². The second kappa shape index (κ2) is 15.5. The Hall–Kier alpha value is -1.31. The summed E-state index contributed by atoms with van der Waals surface area (Å²) in [7, 11) is 0. The molecule has 1 rings (SSSR count). The molecule has 2 heteroatoms. The maximum Gasteiger partial charge on any atom is 0.298 e. The van der Waals surface area contributed by atoms with E-state index in [9.17, 15) is 4.79 Å². The van der Waals surface area contributed by atoms with E-state index in [1.807, 2.05) is 12.1 Å². The minimum Gasteiger partial charge on any atom is -0.429 e. The normalized spacial score (nSPS) is 12.0. The van der Waals surface area contributed by atoms with Crippen LogP contribution in [-0.4, -0.2) is 6.47 Å². The summed E-state index contributed by atoms with van der Waals surface area (Å²) in [6.45, 7) is 21.3. The van der Waals surface area contributed by atoms with E-state index in [4.69, 9.17) is 4.74 Å². The first-order chi connectivity index (χ1) is 14.5. The van der Waals surface area contributed by atoms with Crippen molar-refractivity contribution in [2.75, 3.05) is 0 Å². The van der Waals surface area contributed by atoms with E-state index in [0.29, 0.717) is 29.0 Å². The molecule has 0 saturated heterocycles. The van der Waals surface area contributed by atoms with Crippen molar-refractivity contribution in [1.82, 2.24) is 0 Å². The summed E-state index contributed by atoms with van der Waals surface area (Å²) in [5.74, 6) is 2.09. The topological polar surface area (TPSA) is 26.3 Å². The number of unbranched alkanes of at least 4 members (excludes halogenated alkanes) is 4. The molecule has 0 aliphatic carbocycles. The van der Waals surface area contributed by atoms with Gasteiger partial charge in [-0.25, -0.2) is 0 Å². The molecular weight excluding hydrogens is 380 g/mol. The van der Waals surface area contributed by atoms with Crippen LogP contribution in [-0.2, 0) is 4.79 Å². The Morgan fingerprint density at radius 1 is 0.839 bits per heavy atom. The largest absolute Gasteiger partial charge is 0.429 e. The lowest BCUT2D eigenvalue weighted by atomic mass is 9.65. The van der Waals surface area contributed by atoms with E-state index in [1.54, 1.807) is 0 Å². The van der Waals surface area contributed by atoms with Crippen molar-refractivity contribution in [2.24, 2.45) is 16.7 Å². The predicted molar refractivity (Wildman–Crippen MR) is 137 cm³/mol. The number of hydrogen-bond donors (Lipinski definition) is 0. The van der Waals surface area contributed by atoms with Crippen LogP contribution in [0.15, 0.2) is 24.3 Å². The monoisotopic (exact) mass is 432 g/mol. The minimum absolute atomic E-state index is 0.428. The molecule has 0 aromatic heterocycles. The molecule has 180 valence electrons. The van der Waals surface area contributed by atoms with Crippen molar-refractivity contribution in [1.29, 1.82) is 0 Å². The van der Waals surface area contributed by atoms with Gasteiger partial charge >= 0.3 is 0 Å². The van der Waals surface area contributed by atoms with Gasteiger partial charge in [0, 0.05) is 0 Å². The van der Waals surface area contributed by atoms with Crippen LogP contribution in [0, 0.1) is 16.7 Å². The third-order valence-corrected chi connectivity index (χ3v) is 6.80. The summed E-state index contributed by atoms with van der Waals surface area (Å²) >= 11 is 0. The summed E-state index contributed by atoms with van der Waals surface area (Å²) in [5, 5.41) is 0. The highest BCUT2D eigenvalue weighted by Gasteiger charge is 2.32. The molecule has 31 heavy (non-hydrogen) atoms. The summed E-state index contributed by atoms with van der Waals surface area (Å²) in [5.41, 5.74) is 2.27. The van der Waals surface area contributed by atoms with Gasteiger partial charge in [0.05, 0.1) is 0 Å². The van der Waals surface area contributed by atoms with Crippen LogP contribution < -0.4 is 4.74 Å². The summed E-state index contributed by atoms with van der Waals surface area (Å²) < 4.78 is 4.86. The molecule has 0 fully saturated rings. The van der Waals surface area contributed by atoms with Gasteiger partial charge in [0.25, 0.3) is 6.47 Å².